The van der Waals surface area contributed by atoms with E-state index in [1.54, 1.807) is 30.3 Å². The molecule has 5 heteroatoms. The molecule has 21 heavy (non-hydrogen) atoms. The molecule has 0 bridgehead atoms. The van der Waals surface area contributed by atoms with Gasteiger partial charge in [-0.2, -0.15) is 0 Å². The Bertz CT molecular complexity index is 707. The van der Waals surface area contributed by atoms with Gasteiger partial charge in [-0.05, 0) is 12.1 Å². The molecule has 2 aromatic carbocycles. The van der Waals surface area contributed by atoms with Gasteiger partial charge in [0.1, 0.15) is 0 Å². The van der Waals surface area contributed by atoms with Crippen molar-refractivity contribution in [2.45, 2.75) is 6.92 Å². The van der Waals surface area contributed by atoms with E-state index in [0.717, 1.165) is 0 Å². The Labute approximate surface area is 121 Å². The first-order valence-corrected chi connectivity index (χ1v) is 6.24. The van der Waals surface area contributed by atoms with Gasteiger partial charge in [-0.25, -0.2) is 4.79 Å². The summed E-state index contributed by atoms with van der Waals surface area (Å²) >= 11 is 0. The van der Waals surface area contributed by atoms with Crippen molar-refractivity contribution in [3.63, 3.8) is 0 Å². The molecular formula is C16H13NO4. The molecule has 0 radical (unpaired) electrons. The fourth-order valence-corrected chi connectivity index (χ4v) is 2.00. The molecule has 2 rings (SSSR count). The summed E-state index contributed by atoms with van der Waals surface area (Å²) < 4.78 is 0. The van der Waals surface area contributed by atoms with E-state index in [1.807, 2.05) is 0 Å². The van der Waals surface area contributed by atoms with E-state index in [-0.39, 0.29) is 22.7 Å². The highest BCUT2D eigenvalue weighted by molar-refractivity contribution is 6.18. The van der Waals surface area contributed by atoms with Crippen LogP contribution in [0.1, 0.15) is 33.2 Å². The summed E-state index contributed by atoms with van der Waals surface area (Å²) in [6, 6.07) is 12.7. The number of carbonyl (C=O) groups excluding carboxylic acids is 2. The topological polar surface area (TPSA) is 83.5 Å². The van der Waals surface area contributed by atoms with Gasteiger partial charge >= 0.3 is 5.97 Å². The number of carboxylic acid groups (broad SMARTS) is 1. The molecule has 2 aromatic rings. The van der Waals surface area contributed by atoms with Crippen LogP contribution in [0.15, 0.2) is 48.5 Å². The highest BCUT2D eigenvalue weighted by Gasteiger charge is 2.22. The van der Waals surface area contributed by atoms with E-state index in [4.69, 9.17) is 0 Å². The maximum absolute atomic E-state index is 12.6. The van der Waals surface area contributed by atoms with Gasteiger partial charge in [0.05, 0.1) is 16.8 Å². The van der Waals surface area contributed by atoms with Gasteiger partial charge in [-0.3, -0.25) is 9.59 Å². The first kappa shape index (κ1) is 14.5. The van der Waals surface area contributed by atoms with Crippen molar-refractivity contribution < 1.29 is 19.5 Å². The zero-order chi connectivity index (χ0) is 15.4. The third-order valence-corrected chi connectivity index (χ3v) is 2.87. The Morgan fingerprint density at radius 2 is 1.62 bits per heavy atom. The number of nitrogens with one attached hydrogen (secondary N) is 1. The molecule has 0 aliphatic rings. The van der Waals surface area contributed by atoms with E-state index >= 15 is 0 Å². The minimum atomic E-state index is -1.22. The molecule has 0 spiro atoms. The number of ketones is 1. The zero-order valence-electron chi connectivity index (χ0n) is 11.3. The minimum absolute atomic E-state index is 0.0219. The molecular weight excluding hydrogens is 270 g/mol. The van der Waals surface area contributed by atoms with Crippen molar-refractivity contribution in [3.8, 4) is 0 Å². The largest absolute Gasteiger partial charge is 0.478 e. The number of rotatable bonds is 4. The van der Waals surface area contributed by atoms with Crippen molar-refractivity contribution in [1.29, 1.82) is 0 Å². The number of hydrogen-bond donors (Lipinski definition) is 2. The van der Waals surface area contributed by atoms with Crippen LogP contribution in [0, 0.1) is 0 Å². The number of carbonyl (C=O) groups is 3. The predicted molar refractivity (Wildman–Crippen MR) is 77.6 cm³/mol. The summed E-state index contributed by atoms with van der Waals surface area (Å²) in [5.41, 5.74) is 0.385. The lowest BCUT2D eigenvalue weighted by molar-refractivity contribution is -0.114. The Morgan fingerprint density at radius 1 is 0.952 bits per heavy atom. The van der Waals surface area contributed by atoms with Gasteiger partial charge in [-0.15, -0.1) is 0 Å². The van der Waals surface area contributed by atoms with Crippen LogP contribution in [-0.2, 0) is 4.79 Å². The summed E-state index contributed by atoms with van der Waals surface area (Å²) in [6.07, 6.45) is 0. The lowest BCUT2D eigenvalue weighted by Crippen LogP contribution is -2.16. The van der Waals surface area contributed by atoms with E-state index < -0.39 is 11.8 Å². The molecule has 5 nitrogen and oxygen atoms in total. The monoisotopic (exact) mass is 283 g/mol. The lowest BCUT2D eigenvalue weighted by atomic mass is 9.96. The maximum atomic E-state index is 12.6. The number of hydrogen-bond acceptors (Lipinski definition) is 3. The van der Waals surface area contributed by atoms with Crippen LogP contribution < -0.4 is 5.32 Å². The highest BCUT2D eigenvalue weighted by atomic mass is 16.4. The first-order valence-electron chi connectivity index (χ1n) is 6.24. The third kappa shape index (κ3) is 3.14. The average Bonchev–Trinajstić information content (AvgIpc) is 2.46. The van der Waals surface area contributed by atoms with Crippen LogP contribution in [0.3, 0.4) is 0 Å². The number of carboxylic acids is 1. The standard InChI is InChI=1S/C16H13NO4/c1-10(18)17-13-9-5-8-12(16(20)21)14(13)15(19)11-6-3-2-4-7-11/h2-9H,1H3,(H,17,18)(H,20,21). The summed E-state index contributed by atoms with van der Waals surface area (Å²) in [4.78, 5) is 35.1. The van der Waals surface area contributed by atoms with Crippen LogP contribution >= 0.6 is 0 Å². The summed E-state index contributed by atoms with van der Waals surface area (Å²) in [6.45, 7) is 1.30. The first-order chi connectivity index (χ1) is 10.0. The minimum Gasteiger partial charge on any atom is -0.478 e. The normalized spacial score (nSPS) is 9.95. The van der Waals surface area contributed by atoms with E-state index in [1.165, 1.54) is 25.1 Å². The van der Waals surface area contributed by atoms with Crippen molar-refractivity contribution in [3.05, 3.63) is 65.2 Å². The van der Waals surface area contributed by atoms with Crippen LogP contribution in [-0.4, -0.2) is 22.8 Å². The van der Waals surface area contributed by atoms with Crippen LogP contribution in [0.2, 0.25) is 0 Å². The molecule has 0 aliphatic carbocycles. The van der Waals surface area contributed by atoms with Crippen molar-refractivity contribution >= 4 is 23.3 Å². The molecule has 0 fully saturated rings. The second-order valence-electron chi connectivity index (χ2n) is 4.41. The van der Waals surface area contributed by atoms with Gasteiger partial charge in [0.2, 0.25) is 5.91 Å². The van der Waals surface area contributed by atoms with Gasteiger partial charge in [0, 0.05) is 12.5 Å². The summed E-state index contributed by atoms with van der Waals surface area (Å²) in [7, 11) is 0. The molecule has 1 amide bonds. The third-order valence-electron chi connectivity index (χ3n) is 2.87. The Balaban J connectivity index is 2.61. The highest BCUT2D eigenvalue weighted by Crippen LogP contribution is 2.24. The van der Waals surface area contributed by atoms with E-state index in [0.29, 0.717) is 5.56 Å². The molecule has 2 N–H and O–H groups in total. The summed E-state index contributed by atoms with van der Waals surface area (Å²) in [5.74, 6) is -2.04. The maximum Gasteiger partial charge on any atom is 0.336 e. The van der Waals surface area contributed by atoms with Gasteiger partial charge in [0.25, 0.3) is 0 Å². The molecule has 0 saturated carbocycles. The Hall–Kier alpha value is -2.95. The second kappa shape index (κ2) is 6.00. The van der Waals surface area contributed by atoms with Gasteiger partial charge in [-0.1, -0.05) is 36.4 Å². The van der Waals surface area contributed by atoms with Crippen molar-refractivity contribution in [2.75, 3.05) is 5.32 Å². The molecule has 0 heterocycles. The van der Waals surface area contributed by atoms with Crippen LogP contribution in [0.5, 0.6) is 0 Å². The van der Waals surface area contributed by atoms with Crippen LogP contribution in [0.25, 0.3) is 0 Å². The molecule has 106 valence electrons. The number of benzene rings is 2. The fraction of sp³-hybridized carbons (Fsp3) is 0.0625. The lowest BCUT2D eigenvalue weighted by Gasteiger charge is -2.12. The second-order valence-corrected chi connectivity index (χ2v) is 4.41. The number of aromatic carboxylic acids is 1. The van der Waals surface area contributed by atoms with Gasteiger partial charge < -0.3 is 10.4 Å². The van der Waals surface area contributed by atoms with Gasteiger partial charge in [0.15, 0.2) is 5.78 Å². The van der Waals surface area contributed by atoms with Crippen LogP contribution in [0.4, 0.5) is 5.69 Å². The molecule has 0 saturated heterocycles. The predicted octanol–water partition coefficient (Wildman–Crippen LogP) is 2.57. The molecule has 0 aliphatic heterocycles. The molecule has 0 atom stereocenters. The Morgan fingerprint density at radius 3 is 2.19 bits per heavy atom. The fourth-order valence-electron chi connectivity index (χ4n) is 2.00. The Kier molecular flexibility index (Phi) is 4.13. The smallest absolute Gasteiger partial charge is 0.336 e. The summed E-state index contributed by atoms with van der Waals surface area (Å²) in [5, 5.41) is 11.8. The molecule has 0 aromatic heterocycles. The van der Waals surface area contributed by atoms with E-state index in [9.17, 15) is 19.5 Å². The van der Waals surface area contributed by atoms with Crippen molar-refractivity contribution in [1.82, 2.24) is 0 Å². The number of amides is 1. The average molecular weight is 283 g/mol. The van der Waals surface area contributed by atoms with E-state index in [2.05, 4.69) is 5.32 Å². The molecule has 0 unspecified atom stereocenters. The zero-order valence-corrected chi connectivity index (χ0v) is 11.3. The SMILES string of the molecule is CC(=O)Nc1cccc(C(=O)O)c1C(=O)c1ccccc1. The quantitative estimate of drug-likeness (QED) is 0.845. The number of anilines is 1. The van der Waals surface area contributed by atoms with Crippen molar-refractivity contribution in [2.24, 2.45) is 0 Å².